The first-order chi connectivity index (χ1) is 6.11. The van der Waals surface area contributed by atoms with E-state index in [1.807, 2.05) is 5.43 Å². The van der Waals surface area contributed by atoms with Gasteiger partial charge >= 0.3 is 0 Å². The molecule has 74 valence electrons. The van der Waals surface area contributed by atoms with Gasteiger partial charge in [-0.2, -0.15) is 4.39 Å². The molecule has 0 aromatic heterocycles. The number of nitrogens with one attached hydrogen (secondary N) is 1. The van der Waals surface area contributed by atoms with Crippen molar-refractivity contribution in [2.75, 3.05) is 7.11 Å². The van der Waals surface area contributed by atoms with Crippen LogP contribution in [0.5, 0.6) is 0 Å². The van der Waals surface area contributed by atoms with Crippen molar-refractivity contribution in [1.29, 1.82) is 0 Å². The summed E-state index contributed by atoms with van der Waals surface area (Å²) >= 11 is 0. The number of hydrogen-bond donors (Lipinski definition) is 1. The molecule has 0 saturated carbocycles. The zero-order chi connectivity index (χ0) is 9.84. The molecule has 5 nitrogen and oxygen atoms in total. The van der Waals surface area contributed by atoms with Crippen molar-refractivity contribution in [3.8, 4) is 0 Å². The minimum atomic E-state index is -0.987. The molecule has 0 spiro atoms. The van der Waals surface area contributed by atoms with E-state index in [1.54, 1.807) is 6.92 Å². The van der Waals surface area contributed by atoms with E-state index in [4.69, 9.17) is 9.47 Å². The Labute approximate surface area is 73.5 Å². The number of ether oxygens (including phenoxy) is 2. The van der Waals surface area contributed by atoms with Gasteiger partial charge in [-0.3, -0.25) is 0 Å². The molecule has 0 aromatic rings. The number of methoxy groups -OCH3 is 1. The Kier molecular flexibility index (Phi) is 3.02. The van der Waals surface area contributed by atoms with Crippen LogP contribution in [-0.2, 0) is 9.47 Å². The van der Waals surface area contributed by atoms with Gasteiger partial charge in [-0.25, -0.2) is 5.43 Å². The number of hydrazine groups is 1. The molecule has 0 fully saturated rings. The molecule has 1 aliphatic rings. The van der Waals surface area contributed by atoms with Crippen LogP contribution in [-0.4, -0.2) is 24.7 Å². The molecule has 1 unspecified atom stereocenters. The van der Waals surface area contributed by atoms with Crippen molar-refractivity contribution in [3.05, 3.63) is 12.0 Å². The van der Waals surface area contributed by atoms with Gasteiger partial charge in [0.05, 0.1) is 6.08 Å². The highest BCUT2D eigenvalue weighted by molar-refractivity contribution is 5.87. The molecule has 1 N–H and O–H groups in total. The van der Waals surface area contributed by atoms with Crippen molar-refractivity contribution in [1.82, 2.24) is 10.8 Å². The average molecular weight is 193 g/mol. The maximum atomic E-state index is 12.5. The Morgan fingerprint density at radius 3 is 2.92 bits per heavy atom. The van der Waals surface area contributed by atoms with Gasteiger partial charge in [0.25, 0.3) is 0 Å². The molecule has 7 heteroatoms. The Hall–Kier alpha value is -1.37. The van der Waals surface area contributed by atoms with Crippen molar-refractivity contribution in [2.24, 2.45) is 5.10 Å². The van der Waals surface area contributed by atoms with E-state index in [-0.39, 0.29) is 11.2 Å². The second kappa shape index (κ2) is 4.04. The number of rotatable bonds is 3. The Morgan fingerprint density at radius 1 is 1.69 bits per heavy atom. The summed E-state index contributed by atoms with van der Waals surface area (Å²) in [6.45, 7) is 1.58. The Balaban J connectivity index is 2.56. The van der Waals surface area contributed by atoms with Crippen LogP contribution in [0, 0.1) is 0 Å². The van der Waals surface area contributed by atoms with E-state index < -0.39 is 12.3 Å². The van der Waals surface area contributed by atoms with E-state index in [9.17, 15) is 8.87 Å². The molecule has 0 aliphatic carbocycles. The summed E-state index contributed by atoms with van der Waals surface area (Å²) in [5.74, 6) is -1.09. The minimum absolute atomic E-state index is 0.107. The minimum Gasteiger partial charge on any atom is -0.448 e. The molecule has 0 saturated heterocycles. The first kappa shape index (κ1) is 9.72. The van der Waals surface area contributed by atoms with Crippen LogP contribution in [0.15, 0.2) is 17.1 Å². The summed E-state index contributed by atoms with van der Waals surface area (Å²) < 4.78 is 34.5. The van der Waals surface area contributed by atoms with Gasteiger partial charge in [0.1, 0.15) is 0 Å². The van der Waals surface area contributed by atoms with E-state index in [0.717, 1.165) is 6.08 Å². The molecule has 1 heterocycles. The molecule has 0 aromatic carbocycles. The third-order valence-corrected chi connectivity index (χ3v) is 1.26. The second-order valence-corrected chi connectivity index (χ2v) is 2.22. The van der Waals surface area contributed by atoms with E-state index in [1.165, 1.54) is 7.11 Å². The maximum Gasteiger partial charge on any atom is 0.240 e. The molecule has 13 heavy (non-hydrogen) atoms. The van der Waals surface area contributed by atoms with Gasteiger partial charge in [0.15, 0.2) is 6.29 Å². The van der Waals surface area contributed by atoms with Gasteiger partial charge in [-0.1, -0.05) is 9.58 Å². The topological polar surface area (TPSA) is 46.1 Å². The number of hydrazone groups is 1. The van der Waals surface area contributed by atoms with Crippen LogP contribution < -0.4 is 5.43 Å². The lowest BCUT2D eigenvalue weighted by Crippen LogP contribution is -2.32. The van der Waals surface area contributed by atoms with E-state index >= 15 is 0 Å². The lowest BCUT2D eigenvalue weighted by molar-refractivity contribution is -0.115. The van der Waals surface area contributed by atoms with Crippen molar-refractivity contribution in [2.45, 2.75) is 13.2 Å². The quantitative estimate of drug-likeness (QED) is 0.532. The summed E-state index contributed by atoms with van der Waals surface area (Å²) in [6, 6.07) is 0. The number of halogens is 2. The van der Waals surface area contributed by atoms with Crippen LogP contribution in [0.3, 0.4) is 0 Å². The number of nitrogens with zero attached hydrogens (tertiary/aromatic N) is 2. The smallest absolute Gasteiger partial charge is 0.240 e. The van der Waals surface area contributed by atoms with E-state index in [2.05, 4.69) is 5.10 Å². The van der Waals surface area contributed by atoms with Crippen LogP contribution >= 0.6 is 0 Å². The first-order valence-corrected chi connectivity index (χ1v) is 3.49. The highest BCUT2D eigenvalue weighted by Gasteiger charge is 2.14. The van der Waals surface area contributed by atoms with Gasteiger partial charge in [-0.15, -0.1) is 0 Å². The monoisotopic (exact) mass is 193 g/mol. The lowest BCUT2D eigenvalue weighted by Gasteiger charge is -2.20. The summed E-state index contributed by atoms with van der Waals surface area (Å²) in [7, 11) is 1.41. The Morgan fingerprint density at radius 2 is 2.38 bits per heavy atom. The zero-order valence-electron chi connectivity index (χ0n) is 7.12. The summed E-state index contributed by atoms with van der Waals surface area (Å²) in [5, 5.41) is 2.49. The third kappa shape index (κ3) is 2.86. The van der Waals surface area contributed by atoms with Crippen molar-refractivity contribution >= 4 is 5.97 Å². The first-order valence-electron chi connectivity index (χ1n) is 3.49. The highest BCUT2D eigenvalue weighted by atomic mass is 19.2. The molecule has 0 bridgehead atoms. The molecular formula is C6H9F2N3O2. The zero-order valence-corrected chi connectivity index (χ0v) is 7.12. The Bertz CT molecular complexity index is 244. The van der Waals surface area contributed by atoms with Crippen LogP contribution in [0.4, 0.5) is 8.87 Å². The SMILES string of the molecule is COC(C)OC1=CC(F)=NN(F)N1. The fourth-order valence-electron chi connectivity index (χ4n) is 0.656. The van der Waals surface area contributed by atoms with Crippen molar-refractivity contribution < 1.29 is 18.3 Å². The van der Waals surface area contributed by atoms with Crippen LogP contribution in [0.1, 0.15) is 6.92 Å². The third-order valence-electron chi connectivity index (χ3n) is 1.26. The largest absolute Gasteiger partial charge is 0.448 e. The normalized spacial score (nSPS) is 18.6. The summed E-state index contributed by atoms with van der Waals surface area (Å²) in [4.78, 5) is 0. The summed E-state index contributed by atoms with van der Waals surface area (Å²) in [5.41, 5.74) is 2.01. The van der Waals surface area contributed by atoms with Gasteiger partial charge in [-0.05, 0) is 12.3 Å². The molecule has 0 radical (unpaired) electrons. The van der Waals surface area contributed by atoms with Gasteiger partial charge in [0.2, 0.25) is 11.8 Å². The maximum absolute atomic E-state index is 12.5. The molecule has 1 atom stereocenters. The fourth-order valence-corrected chi connectivity index (χ4v) is 0.656. The van der Waals surface area contributed by atoms with Crippen molar-refractivity contribution in [3.63, 3.8) is 0 Å². The standard InChI is InChI=1S/C6H9F2N3O2/c1-4(12-2)13-6-3-5(7)9-11(8)10-6/h3-4,10H,1-2H3. The second-order valence-electron chi connectivity index (χ2n) is 2.22. The predicted octanol–water partition coefficient (Wildman–Crippen LogP) is 0.825. The predicted molar refractivity (Wildman–Crippen MR) is 40.3 cm³/mol. The molecule has 1 rings (SSSR count). The molecule has 0 amide bonds. The molecule has 1 aliphatic heterocycles. The van der Waals surface area contributed by atoms with E-state index in [0.29, 0.717) is 0 Å². The fraction of sp³-hybridized carbons (Fsp3) is 0.500. The highest BCUT2D eigenvalue weighted by Crippen LogP contribution is 2.07. The van der Waals surface area contributed by atoms with Gasteiger partial charge in [0, 0.05) is 7.11 Å². The average Bonchev–Trinajstić information content (AvgIpc) is 2.02. The lowest BCUT2D eigenvalue weighted by atomic mass is 10.6. The van der Waals surface area contributed by atoms with Crippen LogP contribution in [0.2, 0.25) is 0 Å². The molecular weight excluding hydrogens is 184 g/mol. The summed E-state index contributed by atoms with van der Waals surface area (Å²) in [6.07, 6.45) is 0.309. The van der Waals surface area contributed by atoms with Crippen LogP contribution in [0.25, 0.3) is 0 Å². The number of allylic oxidation sites excluding steroid dienone is 1. The number of hydrogen-bond acceptors (Lipinski definition) is 5. The van der Waals surface area contributed by atoms with Gasteiger partial charge < -0.3 is 9.47 Å².